The van der Waals surface area contributed by atoms with Gasteiger partial charge in [0.25, 0.3) is 5.91 Å². The number of carbonyl (C=O) groups is 1. The van der Waals surface area contributed by atoms with E-state index in [-0.39, 0.29) is 18.6 Å². The van der Waals surface area contributed by atoms with Crippen LogP contribution in [0.3, 0.4) is 0 Å². The van der Waals surface area contributed by atoms with Crippen LogP contribution in [0, 0.1) is 13.8 Å². The standard InChI is InChI=1S/C17H20N2O2/c1-12-7-8-13(2)16(10-12)21-11-17(20)19-14(3)15-6-4-5-9-18-15/h4-10,14H,11H2,1-3H3,(H,19,20). The molecule has 1 heterocycles. The fourth-order valence-electron chi connectivity index (χ4n) is 2.00. The van der Waals surface area contributed by atoms with Crippen LogP contribution in [0.25, 0.3) is 0 Å². The minimum atomic E-state index is -0.158. The lowest BCUT2D eigenvalue weighted by Crippen LogP contribution is -2.31. The molecule has 0 saturated heterocycles. The zero-order chi connectivity index (χ0) is 15.2. The molecule has 0 aliphatic heterocycles. The lowest BCUT2D eigenvalue weighted by molar-refractivity contribution is -0.123. The van der Waals surface area contributed by atoms with Gasteiger partial charge in [-0.25, -0.2) is 0 Å². The van der Waals surface area contributed by atoms with Gasteiger partial charge in [0.05, 0.1) is 11.7 Å². The number of hydrogen-bond acceptors (Lipinski definition) is 3. The number of aromatic nitrogens is 1. The van der Waals surface area contributed by atoms with Gasteiger partial charge in [0.2, 0.25) is 0 Å². The number of amides is 1. The van der Waals surface area contributed by atoms with Gasteiger partial charge >= 0.3 is 0 Å². The van der Waals surface area contributed by atoms with Crippen molar-refractivity contribution in [3.05, 3.63) is 59.4 Å². The molecule has 2 aromatic rings. The van der Waals surface area contributed by atoms with Crippen molar-refractivity contribution < 1.29 is 9.53 Å². The summed E-state index contributed by atoms with van der Waals surface area (Å²) in [6.45, 7) is 5.86. The SMILES string of the molecule is Cc1ccc(C)c(OCC(=O)NC(C)c2ccccn2)c1. The average molecular weight is 284 g/mol. The van der Waals surface area contributed by atoms with E-state index in [0.29, 0.717) is 0 Å². The van der Waals surface area contributed by atoms with E-state index in [9.17, 15) is 4.79 Å². The highest BCUT2D eigenvalue weighted by molar-refractivity contribution is 5.78. The molecule has 1 aromatic carbocycles. The number of nitrogens with zero attached hydrogens (tertiary/aromatic N) is 1. The fourth-order valence-corrected chi connectivity index (χ4v) is 2.00. The summed E-state index contributed by atoms with van der Waals surface area (Å²) >= 11 is 0. The third-order valence-electron chi connectivity index (χ3n) is 3.21. The first-order chi connectivity index (χ1) is 10.1. The van der Waals surface area contributed by atoms with Crippen molar-refractivity contribution in [1.82, 2.24) is 10.3 Å². The molecule has 1 unspecified atom stereocenters. The molecule has 110 valence electrons. The van der Waals surface area contributed by atoms with Crippen molar-refractivity contribution in [2.75, 3.05) is 6.61 Å². The summed E-state index contributed by atoms with van der Waals surface area (Å²) in [5, 5.41) is 2.87. The third kappa shape index (κ3) is 4.31. The summed E-state index contributed by atoms with van der Waals surface area (Å²) in [4.78, 5) is 16.2. The topological polar surface area (TPSA) is 51.2 Å². The van der Waals surface area contributed by atoms with Crippen LogP contribution in [0.15, 0.2) is 42.6 Å². The van der Waals surface area contributed by atoms with E-state index in [1.54, 1.807) is 6.20 Å². The Morgan fingerprint density at radius 1 is 1.29 bits per heavy atom. The van der Waals surface area contributed by atoms with Gasteiger partial charge in [0, 0.05) is 6.20 Å². The van der Waals surface area contributed by atoms with Gasteiger partial charge in [0.15, 0.2) is 6.61 Å². The number of aryl methyl sites for hydroxylation is 2. The molecule has 4 heteroatoms. The van der Waals surface area contributed by atoms with Crippen molar-refractivity contribution in [1.29, 1.82) is 0 Å². The molecule has 1 N–H and O–H groups in total. The van der Waals surface area contributed by atoms with Crippen molar-refractivity contribution in [3.8, 4) is 5.75 Å². The average Bonchev–Trinajstić information content (AvgIpc) is 2.49. The maximum absolute atomic E-state index is 11.9. The summed E-state index contributed by atoms with van der Waals surface area (Å²) in [5.74, 6) is 0.588. The van der Waals surface area contributed by atoms with Crippen LogP contribution >= 0.6 is 0 Å². The van der Waals surface area contributed by atoms with Crippen molar-refractivity contribution in [2.45, 2.75) is 26.8 Å². The van der Waals surface area contributed by atoms with Crippen LogP contribution in [0.2, 0.25) is 0 Å². The van der Waals surface area contributed by atoms with E-state index in [1.807, 2.05) is 57.2 Å². The molecule has 1 aromatic heterocycles. The van der Waals surface area contributed by atoms with Gasteiger partial charge in [-0.15, -0.1) is 0 Å². The molecule has 4 nitrogen and oxygen atoms in total. The number of carbonyl (C=O) groups excluding carboxylic acids is 1. The quantitative estimate of drug-likeness (QED) is 0.918. The highest BCUT2D eigenvalue weighted by Gasteiger charge is 2.11. The Bertz CT molecular complexity index is 611. The smallest absolute Gasteiger partial charge is 0.258 e. The Hall–Kier alpha value is -2.36. The van der Waals surface area contributed by atoms with Crippen LogP contribution in [-0.2, 0) is 4.79 Å². The monoisotopic (exact) mass is 284 g/mol. The van der Waals surface area contributed by atoms with Crippen LogP contribution < -0.4 is 10.1 Å². The molecule has 0 fully saturated rings. The minimum absolute atomic E-state index is 0.00146. The molecule has 2 rings (SSSR count). The fraction of sp³-hybridized carbons (Fsp3) is 0.294. The van der Waals surface area contributed by atoms with Crippen molar-refractivity contribution in [3.63, 3.8) is 0 Å². The molecular formula is C17H20N2O2. The Kier molecular flexibility index (Phi) is 4.93. The number of hydrogen-bond donors (Lipinski definition) is 1. The van der Waals surface area contributed by atoms with Gasteiger partial charge in [-0.3, -0.25) is 9.78 Å². The molecule has 1 atom stereocenters. The van der Waals surface area contributed by atoms with E-state index in [4.69, 9.17) is 4.74 Å². The van der Waals surface area contributed by atoms with Crippen molar-refractivity contribution >= 4 is 5.91 Å². The summed E-state index contributed by atoms with van der Waals surface area (Å²) in [7, 11) is 0. The largest absolute Gasteiger partial charge is 0.483 e. The molecule has 0 aliphatic rings. The molecule has 0 saturated carbocycles. The first-order valence-corrected chi connectivity index (χ1v) is 6.96. The zero-order valence-electron chi connectivity index (χ0n) is 12.6. The van der Waals surface area contributed by atoms with E-state index < -0.39 is 0 Å². The second-order valence-corrected chi connectivity index (χ2v) is 5.10. The number of nitrogens with one attached hydrogen (secondary N) is 1. The van der Waals surface area contributed by atoms with Crippen LogP contribution in [0.5, 0.6) is 5.75 Å². The Balaban J connectivity index is 1.89. The summed E-state index contributed by atoms with van der Waals surface area (Å²) in [6.07, 6.45) is 1.71. The Morgan fingerprint density at radius 2 is 2.10 bits per heavy atom. The van der Waals surface area contributed by atoms with Crippen molar-refractivity contribution in [2.24, 2.45) is 0 Å². The first-order valence-electron chi connectivity index (χ1n) is 6.96. The predicted octanol–water partition coefficient (Wildman–Crippen LogP) is 2.95. The molecule has 0 aliphatic carbocycles. The molecule has 0 radical (unpaired) electrons. The third-order valence-corrected chi connectivity index (χ3v) is 3.21. The second kappa shape index (κ2) is 6.88. The summed E-state index contributed by atoms with van der Waals surface area (Å²) < 4.78 is 5.58. The Morgan fingerprint density at radius 3 is 2.81 bits per heavy atom. The minimum Gasteiger partial charge on any atom is -0.483 e. The van der Waals surface area contributed by atoms with Gasteiger partial charge in [0.1, 0.15) is 5.75 Å². The maximum atomic E-state index is 11.9. The van der Waals surface area contributed by atoms with Crippen LogP contribution in [0.4, 0.5) is 0 Å². The van der Waals surface area contributed by atoms with Crippen LogP contribution in [0.1, 0.15) is 29.8 Å². The summed E-state index contributed by atoms with van der Waals surface area (Å²) in [5.41, 5.74) is 2.96. The predicted molar refractivity (Wildman–Crippen MR) is 82.2 cm³/mol. The lowest BCUT2D eigenvalue weighted by Gasteiger charge is -2.14. The van der Waals surface area contributed by atoms with Gasteiger partial charge in [-0.1, -0.05) is 18.2 Å². The number of rotatable bonds is 5. The van der Waals surface area contributed by atoms with Gasteiger partial charge < -0.3 is 10.1 Å². The maximum Gasteiger partial charge on any atom is 0.258 e. The van der Waals surface area contributed by atoms with E-state index in [2.05, 4.69) is 10.3 Å². The van der Waals surface area contributed by atoms with Gasteiger partial charge in [-0.2, -0.15) is 0 Å². The van der Waals surface area contributed by atoms with Gasteiger partial charge in [-0.05, 0) is 50.1 Å². The highest BCUT2D eigenvalue weighted by atomic mass is 16.5. The van der Waals surface area contributed by atoms with E-state index in [1.165, 1.54) is 0 Å². The zero-order valence-corrected chi connectivity index (χ0v) is 12.6. The number of ether oxygens (including phenoxy) is 1. The number of benzene rings is 1. The molecular weight excluding hydrogens is 264 g/mol. The molecule has 1 amide bonds. The second-order valence-electron chi connectivity index (χ2n) is 5.10. The van der Waals surface area contributed by atoms with E-state index in [0.717, 1.165) is 22.6 Å². The number of pyridine rings is 1. The molecule has 0 bridgehead atoms. The molecule has 0 spiro atoms. The Labute approximate surface area is 125 Å². The molecule has 21 heavy (non-hydrogen) atoms. The van der Waals surface area contributed by atoms with E-state index >= 15 is 0 Å². The highest BCUT2D eigenvalue weighted by Crippen LogP contribution is 2.19. The lowest BCUT2D eigenvalue weighted by atomic mass is 10.1. The summed E-state index contributed by atoms with van der Waals surface area (Å²) in [6, 6.07) is 11.4. The normalized spacial score (nSPS) is 11.8. The van der Waals surface area contributed by atoms with Crippen LogP contribution in [-0.4, -0.2) is 17.5 Å². The first kappa shape index (κ1) is 15.0.